The van der Waals surface area contributed by atoms with Crippen molar-refractivity contribution in [3.05, 3.63) is 33.8 Å². The first kappa shape index (κ1) is 18.1. The van der Waals surface area contributed by atoms with Gasteiger partial charge in [0.15, 0.2) is 6.61 Å². The first-order valence-corrected chi connectivity index (χ1v) is 8.73. The van der Waals surface area contributed by atoms with Crippen LogP contribution in [0.15, 0.2) is 18.2 Å². The Morgan fingerprint density at radius 3 is 2.43 bits per heavy atom. The molecule has 0 radical (unpaired) electrons. The zero-order valence-corrected chi connectivity index (χ0v) is 14.5. The number of halogens is 2. The Morgan fingerprint density at radius 2 is 1.74 bits per heavy atom. The summed E-state index contributed by atoms with van der Waals surface area (Å²) in [5.41, 5.74) is 0.165. The monoisotopic (exact) mass is 357 g/mol. The summed E-state index contributed by atoms with van der Waals surface area (Å²) in [4.78, 5) is 23.9. The SMILES string of the molecule is O=C(COC(=O)c1cc(Cl)ccc1Cl)NC1CCCCCCC1. The summed E-state index contributed by atoms with van der Waals surface area (Å²) >= 11 is 11.8. The second-order valence-corrected chi connectivity index (χ2v) is 6.65. The Hall–Kier alpha value is -1.26. The molecule has 1 aliphatic rings. The summed E-state index contributed by atoms with van der Waals surface area (Å²) in [6, 6.07) is 4.71. The van der Waals surface area contributed by atoms with Gasteiger partial charge in [0.1, 0.15) is 0 Å². The summed E-state index contributed by atoms with van der Waals surface area (Å²) in [5, 5.41) is 3.58. The predicted molar refractivity (Wildman–Crippen MR) is 91.0 cm³/mol. The fourth-order valence-corrected chi connectivity index (χ4v) is 3.10. The zero-order valence-electron chi connectivity index (χ0n) is 12.9. The highest BCUT2D eigenvalue weighted by Gasteiger charge is 2.17. The molecule has 4 nitrogen and oxygen atoms in total. The molecule has 1 aromatic carbocycles. The Kier molecular flexibility index (Phi) is 7.18. The first-order chi connectivity index (χ1) is 11.1. The van der Waals surface area contributed by atoms with E-state index in [1.165, 1.54) is 31.4 Å². The van der Waals surface area contributed by atoms with Crippen LogP contribution in [0.2, 0.25) is 10.0 Å². The molecule has 0 heterocycles. The molecule has 0 aliphatic heterocycles. The standard InChI is InChI=1S/C17H21Cl2NO3/c18-12-8-9-15(19)14(10-12)17(22)23-11-16(21)20-13-6-4-2-1-3-5-7-13/h8-10,13H,1-7,11H2,(H,20,21). The van der Waals surface area contributed by atoms with Crippen molar-refractivity contribution in [1.29, 1.82) is 0 Å². The molecular formula is C17H21Cl2NO3. The van der Waals surface area contributed by atoms with Crippen LogP contribution in [0.4, 0.5) is 0 Å². The molecule has 1 aliphatic carbocycles. The van der Waals surface area contributed by atoms with Crippen molar-refractivity contribution >= 4 is 35.1 Å². The minimum Gasteiger partial charge on any atom is -0.452 e. The highest BCUT2D eigenvalue weighted by molar-refractivity contribution is 6.35. The van der Waals surface area contributed by atoms with E-state index < -0.39 is 5.97 Å². The molecule has 0 saturated heterocycles. The third-order valence-corrected chi connectivity index (χ3v) is 4.52. The Labute approximate surface area is 146 Å². The van der Waals surface area contributed by atoms with Crippen LogP contribution in [0.25, 0.3) is 0 Å². The molecule has 1 N–H and O–H groups in total. The number of carbonyl (C=O) groups excluding carboxylic acids is 2. The van der Waals surface area contributed by atoms with Crippen LogP contribution < -0.4 is 5.32 Å². The average molecular weight is 358 g/mol. The van der Waals surface area contributed by atoms with Crippen LogP contribution in [0, 0.1) is 0 Å². The number of esters is 1. The maximum Gasteiger partial charge on any atom is 0.340 e. The number of hydrogen-bond donors (Lipinski definition) is 1. The van der Waals surface area contributed by atoms with Crippen LogP contribution in [-0.2, 0) is 9.53 Å². The number of rotatable bonds is 4. The molecule has 6 heteroatoms. The molecule has 0 spiro atoms. The number of amides is 1. The smallest absolute Gasteiger partial charge is 0.340 e. The Balaban J connectivity index is 1.81. The molecule has 0 bridgehead atoms. The summed E-state index contributed by atoms with van der Waals surface area (Å²) in [7, 11) is 0. The van der Waals surface area contributed by atoms with E-state index in [-0.39, 0.29) is 29.1 Å². The minimum absolute atomic E-state index is 0.165. The topological polar surface area (TPSA) is 55.4 Å². The van der Waals surface area contributed by atoms with Crippen LogP contribution in [0.5, 0.6) is 0 Å². The van der Waals surface area contributed by atoms with E-state index in [0.29, 0.717) is 5.02 Å². The van der Waals surface area contributed by atoms with Crippen LogP contribution in [0.1, 0.15) is 55.3 Å². The first-order valence-electron chi connectivity index (χ1n) is 7.98. The van der Waals surface area contributed by atoms with Crippen molar-refractivity contribution < 1.29 is 14.3 Å². The lowest BCUT2D eigenvalue weighted by molar-refractivity contribution is -0.125. The number of hydrogen-bond acceptors (Lipinski definition) is 3. The summed E-state index contributed by atoms with van der Waals surface area (Å²) in [6.07, 6.45) is 7.94. The zero-order chi connectivity index (χ0) is 16.7. The quantitative estimate of drug-likeness (QED) is 0.813. The van der Waals surface area contributed by atoms with E-state index >= 15 is 0 Å². The third kappa shape index (κ3) is 6.04. The summed E-state index contributed by atoms with van der Waals surface area (Å²) < 4.78 is 5.03. The molecule has 0 unspecified atom stereocenters. The van der Waals surface area contributed by atoms with Gasteiger partial charge in [-0.25, -0.2) is 4.79 Å². The lowest BCUT2D eigenvalue weighted by Crippen LogP contribution is -2.38. The molecule has 126 valence electrons. The van der Waals surface area contributed by atoms with Gasteiger partial charge in [-0.3, -0.25) is 4.79 Å². The average Bonchev–Trinajstić information content (AvgIpc) is 2.50. The van der Waals surface area contributed by atoms with Gasteiger partial charge in [0.05, 0.1) is 10.6 Å². The molecule has 1 fully saturated rings. The normalized spacial score (nSPS) is 16.3. The van der Waals surface area contributed by atoms with E-state index in [0.717, 1.165) is 25.7 Å². The minimum atomic E-state index is -0.648. The van der Waals surface area contributed by atoms with E-state index in [4.69, 9.17) is 27.9 Å². The van der Waals surface area contributed by atoms with Crippen LogP contribution in [0.3, 0.4) is 0 Å². The molecular weight excluding hydrogens is 337 g/mol. The summed E-state index contributed by atoms with van der Waals surface area (Å²) in [6.45, 7) is -0.307. The Morgan fingerprint density at radius 1 is 1.09 bits per heavy atom. The molecule has 1 aromatic rings. The van der Waals surface area contributed by atoms with Crippen molar-refractivity contribution in [2.45, 2.75) is 51.0 Å². The van der Waals surface area contributed by atoms with Crippen molar-refractivity contribution in [3.63, 3.8) is 0 Å². The Bertz CT molecular complexity index is 555. The van der Waals surface area contributed by atoms with Crippen molar-refractivity contribution in [2.75, 3.05) is 6.61 Å². The van der Waals surface area contributed by atoms with Gasteiger partial charge in [-0.2, -0.15) is 0 Å². The van der Waals surface area contributed by atoms with Gasteiger partial charge in [-0.05, 0) is 31.0 Å². The third-order valence-electron chi connectivity index (χ3n) is 3.95. The van der Waals surface area contributed by atoms with Gasteiger partial charge in [0, 0.05) is 11.1 Å². The molecule has 1 saturated carbocycles. The highest BCUT2D eigenvalue weighted by Crippen LogP contribution is 2.21. The van der Waals surface area contributed by atoms with Gasteiger partial charge >= 0.3 is 5.97 Å². The van der Waals surface area contributed by atoms with Gasteiger partial charge in [-0.15, -0.1) is 0 Å². The lowest BCUT2D eigenvalue weighted by atomic mass is 9.97. The second-order valence-electron chi connectivity index (χ2n) is 5.81. The maximum absolute atomic E-state index is 12.0. The van der Waals surface area contributed by atoms with Gasteiger partial charge in [0.25, 0.3) is 5.91 Å². The molecule has 1 amide bonds. The highest BCUT2D eigenvalue weighted by atomic mass is 35.5. The van der Waals surface area contributed by atoms with E-state index in [9.17, 15) is 9.59 Å². The largest absolute Gasteiger partial charge is 0.452 e. The maximum atomic E-state index is 12.0. The molecule has 0 atom stereocenters. The van der Waals surface area contributed by atoms with Gasteiger partial charge in [0.2, 0.25) is 0 Å². The van der Waals surface area contributed by atoms with Crippen LogP contribution >= 0.6 is 23.2 Å². The van der Waals surface area contributed by atoms with E-state index in [1.54, 1.807) is 6.07 Å². The second kappa shape index (κ2) is 9.14. The van der Waals surface area contributed by atoms with E-state index in [2.05, 4.69) is 5.32 Å². The fraction of sp³-hybridized carbons (Fsp3) is 0.529. The van der Waals surface area contributed by atoms with Crippen molar-refractivity contribution in [2.24, 2.45) is 0 Å². The summed E-state index contributed by atoms with van der Waals surface area (Å²) in [5.74, 6) is -0.924. The number of ether oxygens (including phenoxy) is 1. The van der Waals surface area contributed by atoms with Gasteiger partial charge in [-0.1, -0.05) is 55.3 Å². The molecule has 23 heavy (non-hydrogen) atoms. The lowest BCUT2D eigenvalue weighted by Gasteiger charge is -2.20. The predicted octanol–water partition coefficient (Wildman–Crippen LogP) is 4.38. The van der Waals surface area contributed by atoms with Crippen molar-refractivity contribution in [1.82, 2.24) is 5.32 Å². The van der Waals surface area contributed by atoms with Gasteiger partial charge < -0.3 is 10.1 Å². The fourth-order valence-electron chi connectivity index (χ4n) is 2.73. The number of carbonyl (C=O) groups is 2. The van der Waals surface area contributed by atoms with Crippen molar-refractivity contribution in [3.8, 4) is 0 Å². The molecule has 0 aromatic heterocycles. The van der Waals surface area contributed by atoms with Crippen LogP contribution in [-0.4, -0.2) is 24.5 Å². The number of nitrogens with one attached hydrogen (secondary N) is 1. The number of benzene rings is 1. The van der Waals surface area contributed by atoms with E-state index in [1.807, 2.05) is 0 Å². The molecule has 2 rings (SSSR count).